The minimum absolute atomic E-state index is 0.0340. The molecule has 0 saturated heterocycles. The lowest BCUT2D eigenvalue weighted by molar-refractivity contribution is -0.116. The fourth-order valence-electron chi connectivity index (χ4n) is 2.43. The van der Waals surface area contributed by atoms with Gasteiger partial charge in [0, 0.05) is 17.1 Å². The van der Waals surface area contributed by atoms with Gasteiger partial charge in [0.15, 0.2) is 0 Å². The Labute approximate surface area is 146 Å². The number of aromatic hydroxyl groups is 1. The summed E-state index contributed by atoms with van der Waals surface area (Å²) in [5.74, 6) is 0.452. The third-order valence-corrected chi connectivity index (χ3v) is 4.46. The Morgan fingerprint density at radius 2 is 1.79 bits per heavy atom. The first-order valence-electron chi connectivity index (χ1n) is 7.67. The van der Waals surface area contributed by atoms with Gasteiger partial charge in [0.1, 0.15) is 5.75 Å². The van der Waals surface area contributed by atoms with E-state index in [4.69, 9.17) is 5.26 Å². The molecule has 2 rings (SSSR count). The van der Waals surface area contributed by atoms with Gasteiger partial charge >= 0.3 is 0 Å². The summed E-state index contributed by atoms with van der Waals surface area (Å²) in [6.45, 7) is 4.37. The molecule has 5 heteroatoms. The Bertz CT molecular complexity index is 731. The van der Waals surface area contributed by atoms with E-state index < -0.39 is 0 Å². The fraction of sp³-hybridized carbons (Fsp3) is 0.263. The van der Waals surface area contributed by atoms with Crippen molar-refractivity contribution in [2.75, 3.05) is 17.2 Å². The zero-order chi connectivity index (χ0) is 17.5. The van der Waals surface area contributed by atoms with Crippen LogP contribution in [0.4, 0.5) is 5.69 Å². The van der Waals surface area contributed by atoms with E-state index in [1.807, 2.05) is 26.0 Å². The van der Waals surface area contributed by atoms with E-state index in [0.717, 1.165) is 21.7 Å². The topological polar surface area (TPSA) is 64.3 Å². The van der Waals surface area contributed by atoms with E-state index in [9.17, 15) is 9.90 Å². The minimum atomic E-state index is -0.0340. The van der Waals surface area contributed by atoms with Gasteiger partial charge in [-0.3, -0.25) is 4.79 Å². The lowest BCUT2D eigenvalue weighted by Gasteiger charge is -2.22. The maximum atomic E-state index is 12.7. The number of hydrogen-bond acceptors (Lipinski definition) is 4. The molecule has 0 spiro atoms. The molecule has 2 aromatic carbocycles. The summed E-state index contributed by atoms with van der Waals surface area (Å²) in [5.41, 5.74) is 3.01. The molecule has 124 valence electrons. The van der Waals surface area contributed by atoms with Crippen molar-refractivity contribution in [2.45, 2.75) is 25.2 Å². The van der Waals surface area contributed by atoms with Crippen molar-refractivity contribution >= 4 is 23.4 Å². The first-order valence-corrected chi connectivity index (χ1v) is 8.65. The zero-order valence-electron chi connectivity index (χ0n) is 13.8. The van der Waals surface area contributed by atoms with Crippen LogP contribution in [0.3, 0.4) is 0 Å². The predicted molar refractivity (Wildman–Crippen MR) is 97.3 cm³/mol. The number of amides is 1. The highest BCUT2D eigenvalue weighted by Crippen LogP contribution is 2.24. The Morgan fingerprint density at radius 1 is 1.17 bits per heavy atom. The largest absolute Gasteiger partial charge is 0.508 e. The quantitative estimate of drug-likeness (QED) is 0.806. The van der Waals surface area contributed by atoms with Crippen LogP contribution >= 0.6 is 11.8 Å². The minimum Gasteiger partial charge on any atom is -0.508 e. The number of nitrogens with zero attached hydrogens (tertiary/aromatic N) is 2. The molecule has 0 bridgehead atoms. The zero-order valence-corrected chi connectivity index (χ0v) is 14.6. The van der Waals surface area contributed by atoms with Crippen LogP contribution in [0.5, 0.6) is 5.75 Å². The Balaban J connectivity index is 2.12. The molecule has 0 aliphatic heterocycles. The number of carbonyl (C=O) groups excluding carboxylic acids is 1. The number of benzene rings is 2. The number of thioether (sulfide) groups is 1. The van der Waals surface area contributed by atoms with Crippen molar-refractivity contribution in [1.29, 1.82) is 5.26 Å². The number of anilines is 1. The van der Waals surface area contributed by atoms with Crippen LogP contribution < -0.4 is 4.90 Å². The molecule has 0 radical (unpaired) electrons. The average molecular weight is 340 g/mol. The molecule has 1 N–H and O–H groups in total. The van der Waals surface area contributed by atoms with Gasteiger partial charge in [0.25, 0.3) is 0 Å². The van der Waals surface area contributed by atoms with Crippen LogP contribution in [0.2, 0.25) is 0 Å². The van der Waals surface area contributed by atoms with Crippen molar-refractivity contribution in [2.24, 2.45) is 0 Å². The molecular formula is C19H20N2O2S. The molecule has 0 atom stereocenters. The summed E-state index contributed by atoms with van der Waals surface area (Å²) >= 11 is 1.42. The molecule has 0 aliphatic rings. The van der Waals surface area contributed by atoms with Gasteiger partial charge < -0.3 is 10.0 Å². The van der Waals surface area contributed by atoms with Crippen molar-refractivity contribution < 1.29 is 9.90 Å². The van der Waals surface area contributed by atoms with Gasteiger partial charge in [0.2, 0.25) is 5.91 Å². The molecule has 0 saturated carbocycles. The molecule has 0 aliphatic carbocycles. The number of phenolic OH excluding ortho intramolecular Hbond substituents is 1. The number of hydrogen-bond donors (Lipinski definition) is 1. The number of nitriles is 1. The highest BCUT2D eigenvalue weighted by molar-refractivity contribution is 8.00. The van der Waals surface area contributed by atoms with Crippen LogP contribution in [0.15, 0.2) is 47.4 Å². The van der Waals surface area contributed by atoms with Crippen LogP contribution in [0, 0.1) is 25.2 Å². The fourth-order valence-corrected chi connectivity index (χ4v) is 3.21. The summed E-state index contributed by atoms with van der Waals surface area (Å²) < 4.78 is 0. The highest BCUT2D eigenvalue weighted by atomic mass is 32.2. The molecule has 0 heterocycles. The second kappa shape index (κ2) is 8.42. The van der Waals surface area contributed by atoms with E-state index in [1.54, 1.807) is 29.2 Å². The molecule has 1 amide bonds. The third kappa shape index (κ3) is 5.04. The standard InChI is InChI=1S/C19H20N2O2S/c1-14-10-15(2)12-16(11-14)21(9-3-8-20)19(23)13-24-18-6-4-17(22)5-7-18/h4-7,10-12,22H,3,9,13H2,1-2H3. The summed E-state index contributed by atoms with van der Waals surface area (Å²) in [4.78, 5) is 15.3. The normalized spacial score (nSPS) is 10.2. The lowest BCUT2D eigenvalue weighted by atomic mass is 10.1. The van der Waals surface area contributed by atoms with Gasteiger partial charge in [-0.25, -0.2) is 0 Å². The van der Waals surface area contributed by atoms with Crippen molar-refractivity contribution in [3.8, 4) is 11.8 Å². The summed E-state index contributed by atoms with van der Waals surface area (Å²) in [7, 11) is 0. The Kier molecular flexibility index (Phi) is 6.28. The number of phenols is 1. The summed E-state index contributed by atoms with van der Waals surface area (Å²) in [6.07, 6.45) is 0.294. The first-order chi connectivity index (χ1) is 11.5. The molecule has 0 aromatic heterocycles. The third-order valence-electron chi connectivity index (χ3n) is 3.47. The number of rotatable bonds is 6. The molecule has 4 nitrogen and oxygen atoms in total. The number of carbonyl (C=O) groups is 1. The van der Waals surface area contributed by atoms with Gasteiger partial charge in [-0.1, -0.05) is 6.07 Å². The lowest BCUT2D eigenvalue weighted by Crippen LogP contribution is -2.33. The smallest absolute Gasteiger partial charge is 0.237 e. The van der Waals surface area contributed by atoms with Crippen LogP contribution in [0.25, 0.3) is 0 Å². The predicted octanol–water partition coefficient (Wildman–Crippen LogP) is 4.05. The van der Waals surface area contributed by atoms with E-state index in [-0.39, 0.29) is 17.4 Å². The highest BCUT2D eigenvalue weighted by Gasteiger charge is 2.16. The maximum Gasteiger partial charge on any atom is 0.237 e. The van der Waals surface area contributed by atoms with Crippen molar-refractivity contribution in [3.63, 3.8) is 0 Å². The van der Waals surface area contributed by atoms with Crippen LogP contribution in [-0.2, 0) is 4.79 Å². The SMILES string of the molecule is Cc1cc(C)cc(N(CCC#N)C(=O)CSc2ccc(O)cc2)c1. The van der Waals surface area contributed by atoms with Gasteiger partial charge in [-0.2, -0.15) is 5.26 Å². The van der Waals surface area contributed by atoms with E-state index in [1.165, 1.54) is 11.8 Å². The summed E-state index contributed by atoms with van der Waals surface area (Å²) in [5, 5.41) is 18.2. The number of aryl methyl sites for hydroxylation is 2. The van der Waals surface area contributed by atoms with Crippen LogP contribution in [-0.4, -0.2) is 23.3 Å². The van der Waals surface area contributed by atoms with Crippen molar-refractivity contribution in [1.82, 2.24) is 0 Å². The Hall–Kier alpha value is -2.45. The van der Waals surface area contributed by atoms with Gasteiger partial charge in [-0.05, 0) is 61.4 Å². The van der Waals surface area contributed by atoms with Gasteiger partial charge in [0.05, 0.1) is 18.2 Å². The van der Waals surface area contributed by atoms with E-state index >= 15 is 0 Å². The molecular weight excluding hydrogens is 320 g/mol. The second-order valence-corrected chi connectivity index (χ2v) is 6.63. The Morgan fingerprint density at radius 3 is 2.38 bits per heavy atom. The monoisotopic (exact) mass is 340 g/mol. The molecule has 0 unspecified atom stereocenters. The first kappa shape index (κ1) is 17.9. The molecule has 0 fully saturated rings. The average Bonchev–Trinajstić information content (AvgIpc) is 2.54. The van der Waals surface area contributed by atoms with Gasteiger partial charge in [-0.15, -0.1) is 11.8 Å². The summed E-state index contributed by atoms with van der Waals surface area (Å²) in [6, 6.07) is 14.9. The molecule has 24 heavy (non-hydrogen) atoms. The van der Waals surface area contributed by atoms with Crippen LogP contribution in [0.1, 0.15) is 17.5 Å². The van der Waals surface area contributed by atoms with E-state index in [0.29, 0.717) is 13.0 Å². The maximum absolute atomic E-state index is 12.7. The van der Waals surface area contributed by atoms with E-state index in [2.05, 4.69) is 12.1 Å². The second-order valence-electron chi connectivity index (χ2n) is 5.58. The molecule has 2 aromatic rings. The van der Waals surface area contributed by atoms with Crippen molar-refractivity contribution in [3.05, 3.63) is 53.6 Å².